The number of nitrogens with zero attached hydrogens (tertiary/aromatic N) is 1. The highest BCUT2D eigenvalue weighted by atomic mass is 19.1. The third kappa shape index (κ3) is 3.34. The fraction of sp³-hybridized carbons (Fsp3) is 0.294. The van der Waals surface area contributed by atoms with Crippen LogP contribution in [0.4, 0.5) is 15.8 Å². The quantitative estimate of drug-likeness (QED) is 0.904. The molecule has 0 aromatic heterocycles. The maximum Gasteiger partial charge on any atom is 0.128 e. The Labute approximate surface area is 124 Å². The van der Waals surface area contributed by atoms with E-state index in [0.717, 1.165) is 31.9 Å². The molecule has 0 saturated carbocycles. The maximum atomic E-state index is 13.7. The van der Waals surface area contributed by atoms with Gasteiger partial charge in [-0.15, -0.1) is 0 Å². The molecule has 2 N–H and O–H groups in total. The van der Waals surface area contributed by atoms with Crippen LogP contribution in [0, 0.1) is 5.82 Å². The fourth-order valence-corrected chi connectivity index (χ4v) is 2.64. The monoisotopic (exact) mass is 285 g/mol. The standard InChI is InChI=1S/C17H20FN3/c18-15-6-2-1-5-14(15)13-20-16-7-3-4-8-17(16)21-11-9-19-10-12-21/h1-8,19-20H,9-13H2. The van der Waals surface area contributed by atoms with E-state index in [1.54, 1.807) is 6.07 Å². The van der Waals surface area contributed by atoms with E-state index >= 15 is 0 Å². The summed E-state index contributed by atoms with van der Waals surface area (Å²) in [6.07, 6.45) is 0. The second-order valence-corrected chi connectivity index (χ2v) is 5.20. The van der Waals surface area contributed by atoms with Crippen molar-refractivity contribution in [3.63, 3.8) is 0 Å². The summed E-state index contributed by atoms with van der Waals surface area (Å²) in [5, 5.41) is 6.72. The van der Waals surface area contributed by atoms with Crippen molar-refractivity contribution in [2.45, 2.75) is 6.54 Å². The maximum absolute atomic E-state index is 13.7. The van der Waals surface area contributed by atoms with E-state index in [1.165, 1.54) is 11.8 Å². The van der Waals surface area contributed by atoms with Crippen molar-refractivity contribution in [1.82, 2.24) is 5.32 Å². The normalized spacial score (nSPS) is 15.0. The summed E-state index contributed by atoms with van der Waals surface area (Å²) in [6.45, 7) is 4.50. The average molecular weight is 285 g/mol. The Balaban J connectivity index is 1.74. The minimum absolute atomic E-state index is 0.162. The number of para-hydroxylation sites is 2. The number of piperazine rings is 1. The molecule has 0 unspecified atom stereocenters. The van der Waals surface area contributed by atoms with E-state index < -0.39 is 0 Å². The number of halogens is 1. The van der Waals surface area contributed by atoms with Crippen LogP contribution in [0.1, 0.15) is 5.56 Å². The Kier molecular flexibility index (Phi) is 4.36. The molecular formula is C17H20FN3. The van der Waals surface area contributed by atoms with Crippen molar-refractivity contribution in [3.8, 4) is 0 Å². The van der Waals surface area contributed by atoms with E-state index in [4.69, 9.17) is 0 Å². The van der Waals surface area contributed by atoms with Crippen molar-refractivity contribution in [3.05, 3.63) is 59.9 Å². The first-order valence-corrected chi connectivity index (χ1v) is 7.36. The van der Waals surface area contributed by atoms with E-state index in [2.05, 4.69) is 27.7 Å². The predicted molar refractivity (Wildman–Crippen MR) is 85.3 cm³/mol. The molecule has 1 aliphatic heterocycles. The summed E-state index contributed by atoms with van der Waals surface area (Å²) in [5.74, 6) is -0.162. The van der Waals surface area contributed by atoms with E-state index in [-0.39, 0.29) is 5.82 Å². The van der Waals surface area contributed by atoms with Gasteiger partial charge in [0.05, 0.1) is 11.4 Å². The molecule has 110 valence electrons. The number of hydrogen-bond donors (Lipinski definition) is 2. The number of hydrogen-bond acceptors (Lipinski definition) is 3. The molecule has 0 spiro atoms. The lowest BCUT2D eigenvalue weighted by Crippen LogP contribution is -2.43. The number of nitrogens with one attached hydrogen (secondary N) is 2. The second kappa shape index (κ2) is 6.59. The molecule has 1 heterocycles. The van der Waals surface area contributed by atoms with Crippen molar-refractivity contribution in [2.24, 2.45) is 0 Å². The molecule has 1 saturated heterocycles. The third-order valence-electron chi connectivity index (χ3n) is 3.79. The molecule has 1 fully saturated rings. The van der Waals surface area contributed by atoms with E-state index in [0.29, 0.717) is 12.1 Å². The lowest BCUT2D eigenvalue weighted by atomic mass is 10.2. The molecule has 0 radical (unpaired) electrons. The van der Waals surface area contributed by atoms with E-state index in [9.17, 15) is 4.39 Å². The predicted octanol–water partition coefficient (Wildman–Crippen LogP) is 2.85. The summed E-state index contributed by atoms with van der Waals surface area (Å²) in [6, 6.07) is 15.1. The van der Waals surface area contributed by atoms with Crippen LogP contribution in [0.5, 0.6) is 0 Å². The fourth-order valence-electron chi connectivity index (χ4n) is 2.64. The lowest BCUT2D eigenvalue weighted by molar-refractivity contribution is 0.589. The molecule has 3 nitrogen and oxygen atoms in total. The van der Waals surface area contributed by atoms with Crippen LogP contribution in [0.3, 0.4) is 0 Å². The summed E-state index contributed by atoms with van der Waals surface area (Å²) in [5.41, 5.74) is 2.94. The molecule has 21 heavy (non-hydrogen) atoms. The molecule has 2 aromatic carbocycles. The van der Waals surface area contributed by atoms with Gasteiger partial charge in [0, 0.05) is 38.3 Å². The lowest BCUT2D eigenvalue weighted by Gasteiger charge is -2.31. The minimum atomic E-state index is -0.162. The Morgan fingerprint density at radius 3 is 2.52 bits per heavy atom. The molecule has 0 atom stereocenters. The Morgan fingerprint density at radius 2 is 1.71 bits per heavy atom. The van der Waals surface area contributed by atoms with Crippen LogP contribution < -0.4 is 15.5 Å². The molecule has 0 amide bonds. The second-order valence-electron chi connectivity index (χ2n) is 5.20. The Bertz CT molecular complexity index is 594. The topological polar surface area (TPSA) is 27.3 Å². The van der Waals surface area contributed by atoms with Gasteiger partial charge in [-0.2, -0.15) is 0 Å². The van der Waals surface area contributed by atoms with Gasteiger partial charge in [-0.25, -0.2) is 4.39 Å². The SMILES string of the molecule is Fc1ccccc1CNc1ccccc1N1CCNCC1. The van der Waals surface area contributed by atoms with Crippen LogP contribution in [0.25, 0.3) is 0 Å². The Morgan fingerprint density at radius 1 is 1.00 bits per heavy atom. The van der Waals surface area contributed by atoms with Gasteiger partial charge in [-0.1, -0.05) is 30.3 Å². The third-order valence-corrected chi connectivity index (χ3v) is 3.79. The van der Waals surface area contributed by atoms with Crippen molar-refractivity contribution < 1.29 is 4.39 Å². The van der Waals surface area contributed by atoms with Gasteiger partial charge in [-0.3, -0.25) is 0 Å². The van der Waals surface area contributed by atoms with Gasteiger partial charge in [0.15, 0.2) is 0 Å². The first kappa shape index (κ1) is 13.9. The number of anilines is 2. The molecule has 4 heteroatoms. The van der Waals surface area contributed by atoms with Crippen LogP contribution >= 0.6 is 0 Å². The highest BCUT2D eigenvalue weighted by Crippen LogP contribution is 2.26. The van der Waals surface area contributed by atoms with Gasteiger partial charge < -0.3 is 15.5 Å². The zero-order chi connectivity index (χ0) is 14.5. The van der Waals surface area contributed by atoms with Gasteiger partial charge in [0.2, 0.25) is 0 Å². The average Bonchev–Trinajstić information content (AvgIpc) is 2.55. The van der Waals surface area contributed by atoms with Crippen LogP contribution in [0.2, 0.25) is 0 Å². The van der Waals surface area contributed by atoms with Crippen molar-refractivity contribution in [2.75, 3.05) is 36.4 Å². The first-order chi connectivity index (χ1) is 10.3. The molecule has 2 aromatic rings. The zero-order valence-electron chi connectivity index (χ0n) is 12.0. The van der Waals surface area contributed by atoms with Crippen molar-refractivity contribution >= 4 is 11.4 Å². The first-order valence-electron chi connectivity index (χ1n) is 7.36. The van der Waals surface area contributed by atoms with Crippen LogP contribution in [-0.4, -0.2) is 26.2 Å². The van der Waals surface area contributed by atoms with Gasteiger partial charge >= 0.3 is 0 Å². The molecule has 1 aliphatic rings. The number of rotatable bonds is 4. The minimum Gasteiger partial charge on any atom is -0.379 e. The molecule has 0 bridgehead atoms. The van der Waals surface area contributed by atoms with E-state index in [1.807, 2.05) is 24.3 Å². The molecular weight excluding hydrogens is 265 g/mol. The summed E-state index contributed by atoms with van der Waals surface area (Å²) in [4.78, 5) is 2.36. The van der Waals surface area contributed by atoms with Crippen LogP contribution in [0.15, 0.2) is 48.5 Å². The molecule has 3 rings (SSSR count). The zero-order valence-corrected chi connectivity index (χ0v) is 12.0. The molecule has 0 aliphatic carbocycles. The number of benzene rings is 2. The van der Waals surface area contributed by atoms with Gasteiger partial charge in [0.1, 0.15) is 5.82 Å². The highest BCUT2D eigenvalue weighted by molar-refractivity contribution is 5.70. The van der Waals surface area contributed by atoms with Gasteiger partial charge in [-0.05, 0) is 18.2 Å². The summed E-state index contributed by atoms with van der Waals surface area (Å²) < 4.78 is 13.7. The highest BCUT2D eigenvalue weighted by Gasteiger charge is 2.13. The van der Waals surface area contributed by atoms with Gasteiger partial charge in [0.25, 0.3) is 0 Å². The summed E-state index contributed by atoms with van der Waals surface area (Å²) in [7, 11) is 0. The smallest absolute Gasteiger partial charge is 0.128 e. The largest absolute Gasteiger partial charge is 0.379 e. The summed E-state index contributed by atoms with van der Waals surface area (Å²) >= 11 is 0. The van der Waals surface area contributed by atoms with Crippen LogP contribution in [-0.2, 0) is 6.54 Å². The Hall–Kier alpha value is -2.07. The van der Waals surface area contributed by atoms with Crippen molar-refractivity contribution in [1.29, 1.82) is 0 Å².